The van der Waals surface area contributed by atoms with Gasteiger partial charge in [0.2, 0.25) is 0 Å². The molecule has 5 heteroatoms. The maximum atomic E-state index is 9.42. The minimum atomic E-state index is -0.207. The highest BCUT2D eigenvalue weighted by Gasteiger charge is 2.29. The van der Waals surface area contributed by atoms with Crippen LogP contribution in [0.15, 0.2) is 16.9 Å². The lowest BCUT2D eigenvalue weighted by Gasteiger charge is -2.33. The van der Waals surface area contributed by atoms with Gasteiger partial charge in [0.1, 0.15) is 0 Å². The van der Waals surface area contributed by atoms with Crippen molar-refractivity contribution in [2.45, 2.75) is 18.8 Å². The van der Waals surface area contributed by atoms with E-state index in [-0.39, 0.29) is 12.4 Å². The van der Waals surface area contributed by atoms with E-state index in [1.165, 1.54) is 0 Å². The lowest BCUT2D eigenvalue weighted by molar-refractivity contribution is 0.101. The molecule has 0 spiro atoms. The third kappa shape index (κ3) is 1.73. The van der Waals surface area contributed by atoms with Crippen molar-refractivity contribution in [3.8, 4) is 0 Å². The highest BCUT2D eigenvalue weighted by Crippen LogP contribution is 2.17. The molecule has 2 unspecified atom stereocenters. The van der Waals surface area contributed by atoms with Crippen molar-refractivity contribution in [1.29, 1.82) is 0 Å². The van der Waals surface area contributed by atoms with E-state index in [9.17, 15) is 5.11 Å². The first kappa shape index (κ1) is 9.48. The van der Waals surface area contributed by atoms with Crippen LogP contribution >= 0.6 is 0 Å². The molecule has 2 heterocycles. The topological polar surface area (TPSA) is 65.1 Å². The number of rotatable bonds is 1. The second kappa shape index (κ2) is 3.59. The average molecular weight is 196 g/mol. The Labute approximate surface area is 83.5 Å². The molecule has 1 saturated heterocycles. The van der Waals surface area contributed by atoms with Gasteiger partial charge in [-0.1, -0.05) is 0 Å². The van der Waals surface area contributed by atoms with Gasteiger partial charge in [0.25, 0.3) is 0 Å². The summed E-state index contributed by atoms with van der Waals surface area (Å²) in [6.07, 6.45) is 4.16. The van der Waals surface area contributed by atoms with Crippen LogP contribution in [0.1, 0.15) is 6.42 Å². The normalized spacial score (nSPS) is 33.6. The maximum Gasteiger partial charge on any atom is 0.178 e. The highest BCUT2D eigenvalue weighted by molar-refractivity contribution is 5.77. The molecule has 2 aliphatic rings. The van der Waals surface area contributed by atoms with E-state index in [0.717, 1.165) is 13.0 Å². The Hall–Kier alpha value is -1.07. The van der Waals surface area contributed by atoms with E-state index >= 15 is 0 Å². The molecule has 0 radical (unpaired) electrons. The molecule has 5 nitrogen and oxygen atoms in total. The molecule has 0 aromatic rings. The summed E-state index contributed by atoms with van der Waals surface area (Å²) in [5.74, 6) is 0. The van der Waals surface area contributed by atoms with Crippen molar-refractivity contribution in [3.63, 3.8) is 0 Å². The highest BCUT2D eigenvalue weighted by atomic mass is 16.3. The standard InChI is InChI=1S/C9H16N4O/c1-12-5-7(10)4-11-9(12)13-3-2-8(14)6-13/h4-5,8-9,14H,2-3,6,10H2,1H3. The smallest absolute Gasteiger partial charge is 0.178 e. The van der Waals surface area contributed by atoms with Crippen LogP contribution in [0.4, 0.5) is 0 Å². The SMILES string of the molecule is CN1C=C(N)C=NC1N1CCC(O)C1. The molecular weight excluding hydrogens is 180 g/mol. The molecule has 1 fully saturated rings. The van der Waals surface area contributed by atoms with Crippen molar-refractivity contribution >= 4 is 6.21 Å². The van der Waals surface area contributed by atoms with Gasteiger partial charge in [0.15, 0.2) is 6.29 Å². The summed E-state index contributed by atoms with van der Waals surface area (Å²) in [6.45, 7) is 1.58. The summed E-state index contributed by atoms with van der Waals surface area (Å²) in [5, 5.41) is 9.42. The number of aliphatic imine (C=N–C) groups is 1. The molecule has 2 aliphatic heterocycles. The van der Waals surface area contributed by atoms with E-state index in [4.69, 9.17) is 5.73 Å². The molecule has 2 atom stereocenters. The van der Waals surface area contributed by atoms with Gasteiger partial charge in [-0.15, -0.1) is 0 Å². The average Bonchev–Trinajstić information content (AvgIpc) is 2.51. The predicted octanol–water partition coefficient (Wildman–Crippen LogP) is -0.847. The van der Waals surface area contributed by atoms with E-state index in [1.807, 2.05) is 18.1 Å². The largest absolute Gasteiger partial charge is 0.396 e. The van der Waals surface area contributed by atoms with Crippen LogP contribution in [0.2, 0.25) is 0 Å². The van der Waals surface area contributed by atoms with Crippen molar-refractivity contribution in [2.24, 2.45) is 10.7 Å². The van der Waals surface area contributed by atoms with Gasteiger partial charge in [-0.2, -0.15) is 0 Å². The molecule has 78 valence electrons. The first-order valence-electron chi connectivity index (χ1n) is 4.81. The Bertz CT molecular complexity index is 276. The fourth-order valence-electron chi connectivity index (χ4n) is 1.92. The summed E-state index contributed by atoms with van der Waals surface area (Å²) in [6, 6.07) is 0. The molecule has 0 aliphatic carbocycles. The molecule has 2 rings (SSSR count). The summed E-state index contributed by atoms with van der Waals surface area (Å²) in [7, 11) is 1.94. The Balaban J connectivity index is 2.03. The molecule has 0 amide bonds. The number of nitrogens with two attached hydrogens (primary N) is 1. The molecule has 3 N–H and O–H groups in total. The van der Waals surface area contributed by atoms with E-state index in [0.29, 0.717) is 12.2 Å². The fourth-order valence-corrected chi connectivity index (χ4v) is 1.92. The van der Waals surface area contributed by atoms with Gasteiger partial charge in [-0.25, -0.2) is 0 Å². The fraction of sp³-hybridized carbons (Fsp3) is 0.667. The number of hydrogen-bond acceptors (Lipinski definition) is 5. The third-order valence-corrected chi connectivity index (χ3v) is 2.60. The second-order valence-corrected chi connectivity index (χ2v) is 3.86. The van der Waals surface area contributed by atoms with Crippen LogP contribution in [0.3, 0.4) is 0 Å². The minimum absolute atomic E-state index is 0.000509. The van der Waals surface area contributed by atoms with Gasteiger partial charge < -0.3 is 15.7 Å². The summed E-state index contributed by atoms with van der Waals surface area (Å²) < 4.78 is 0. The second-order valence-electron chi connectivity index (χ2n) is 3.86. The monoisotopic (exact) mass is 196 g/mol. The lowest BCUT2D eigenvalue weighted by atomic mass is 10.3. The summed E-state index contributed by atoms with van der Waals surface area (Å²) in [5.41, 5.74) is 6.29. The number of β-amino-alcohol motifs (C(OH)–C–C–N with tert-alkyl or cyclic N) is 1. The number of aliphatic hydroxyl groups excluding tert-OH is 1. The van der Waals surface area contributed by atoms with Crippen molar-refractivity contribution < 1.29 is 5.11 Å². The quantitative estimate of drug-likeness (QED) is 0.573. The minimum Gasteiger partial charge on any atom is -0.396 e. The predicted molar refractivity (Wildman–Crippen MR) is 54.5 cm³/mol. The Morgan fingerprint density at radius 1 is 1.64 bits per heavy atom. The first-order valence-corrected chi connectivity index (χ1v) is 4.81. The maximum absolute atomic E-state index is 9.42. The van der Waals surface area contributed by atoms with Crippen LogP contribution < -0.4 is 5.73 Å². The van der Waals surface area contributed by atoms with Crippen molar-refractivity contribution in [3.05, 3.63) is 11.9 Å². The zero-order valence-corrected chi connectivity index (χ0v) is 8.30. The Morgan fingerprint density at radius 3 is 3.00 bits per heavy atom. The van der Waals surface area contributed by atoms with Gasteiger partial charge in [-0.05, 0) is 6.42 Å². The number of likely N-dealkylation sites (tertiary alicyclic amines) is 1. The molecule has 14 heavy (non-hydrogen) atoms. The van der Waals surface area contributed by atoms with E-state index < -0.39 is 0 Å². The zero-order chi connectivity index (χ0) is 10.1. The van der Waals surface area contributed by atoms with Gasteiger partial charge in [0, 0.05) is 32.6 Å². The lowest BCUT2D eigenvalue weighted by Crippen LogP contribution is -2.44. The van der Waals surface area contributed by atoms with Crippen molar-refractivity contribution in [2.75, 3.05) is 20.1 Å². The van der Waals surface area contributed by atoms with Gasteiger partial charge >= 0.3 is 0 Å². The van der Waals surface area contributed by atoms with Crippen LogP contribution in [0, 0.1) is 0 Å². The molecule has 0 bridgehead atoms. The van der Waals surface area contributed by atoms with Crippen LogP contribution in [-0.2, 0) is 0 Å². The molecule has 0 saturated carbocycles. The zero-order valence-electron chi connectivity index (χ0n) is 8.30. The number of allylic oxidation sites excluding steroid dienone is 1. The Kier molecular flexibility index (Phi) is 2.43. The van der Waals surface area contributed by atoms with Crippen LogP contribution in [-0.4, -0.2) is 53.7 Å². The number of aliphatic hydroxyl groups is 1. The molecular formula is C9H16N4O. The summed E-state index contributed by atoms with van der Waals surface area (Å²) >= 11 is 0. The van der Waals surface area contributed by atoms with Crippen LogP contribution in [0.5, 0.6) is 0 Å². The first-order chi connectivity index (χ1) is 6.66. The van der Waals surface area contributed by atoms with Crippen LogP contribution in [0.25, 0.3) is 0 Å². The number of hydrogen-bond donors (Lipinski definition) is 2. The number of nitrogens with zero attached hydrogens (tertiary/aromatic N) is 3. The third-order valence-electron chi connectivity index (χ3n) is 2.60. The van der Waals surface area contributed by atoms with Gasteiger partial charge in [0.05, 0.1) is 11.8 Å². The van der Waals surface area contributed by atoms with E-state index in [1.54, 1.807) is 6.21 Å². The van der Waals surface area contributed by atoms with Gasteiger partial charge in [-0.3, -0.25) is 9.89 Å². The van der Waals surface area contributed by atoms with E-state index in [2.05, 4.69) is 9.89 Å². The molecule has 0 aromatic carbocycles. The molecule has 0 aromatic heterocycles. The van der Waals surface area contributed by atoms with Crippen molar-refractivity contribution in [1.82, 2.24) is 9.80 Å². The Morgan fingerprint density at radius 2 is 2.43 bits per heavy atom. The summed E-state index contributed by atoms with van der Waals surface area (Å²) in [4.78, 5) is 8.44.